The molecule has 0 aliphatic rings. The van der Waals surface area contributed by atoms with Crippen LogP contribution in [0.25, 0.3) is 0 Å². The summed E-state index contributed by atoms with van der Waals surface area (Å²) in [6.07, 6.45) is 7.65. The summed E-state index contributed by atoms with van der Waals surface area (Å²) in [5.41, 5.74) is 6.30. The Hall–Kier alpha value is -0.980. The van der Waals surface area contributed by atoms with Gasteiger partial charge in [0.05, 0.1) is 19.4 Å². The molecule has 0 aliphatic carbocycles. The zero-order chi connectivity index (χ0) is 14.8. The molecule has 0 bridgehead atoms. The number of nitrogens with two attached hydrogens (primary N) is 1. The van der Waals surface area contributed by atoms with Gasteiger partial charge in [0.15, 0.2) is 6.17 Å². The van der Waals surface area contributed by atoms with Crippen LogP contribution in [0.4, 0.5) is 0 Å². The molecule has 0 fully saturated rings. The van der Waals surface area contributed by atoms with E-state index >= 15 is 0 Å². The van der Waals surface area contributed by atoms with E-state index in [-0.39, 0.29) is 0 Å². The molecule has 0 aromatic carbocycles. The molecule has 1 heterocycles. The lowest BCUT2D eigenvalue weighted by Gasteiger charge is -2.37. The maximum absolute atomic E-state index is 6.30. The van der Waals surface area contributed by atoms with Crippen LogP contribution in [-0.2, 0) is 9.47 Å². The fourth-order valence-corrected chi connectivity index (χ4v) is 1.97. The van der Waals surface area contributed by atoms with Gasteiger partial charge in [0.25, 0.3) is 0 Å². The molecule has 1 rings (SSSR count). The monoisotopic (exact) mass is 284 g/mol. The molecule has 1 aromatic rings. The molecule has 0 aliphatic heterocycles. The molecule has 20 heavy (non-hydrogen) atoms. The molecule has 0 amide bonds. The van der Waals surface area contributed by atoms with E-state index in [1.165, 1.54) is 0 Å². The number of aromatic nitrogens is 3. The fraction of sp³-hybridized carbons (Fsp3) is 0.857. The van der Waals surface area contributed by atoms with Gasteiger partial charge in [0, 0.05) is 12.6 Å². The second kappa shape index (κ2) is 9.05. The molecule has 0 saturated heterocycles. The Morgan fingerprint density at radius 1 is 1.15 bits per heavy atom. The fourth-order valence-electron chi connectivity index (χ4n) is 1.97. The third-order valence-electron chi connectivity index (χ3n) is 3.36. The van der Waals surface area contributed by atoms with E-state index in [4.69, 9.17) is 15.2 Å². The quantitative estimate of drug-likeness (QED) is 0.499. The Labute approximate surface area is 121 Å². The Morgan fingerprint density at radius 2 is 1.75 bits per heavy atom. The topological polar surface area (TPSA) is 75.2 Å². The average Bonchev–Trinajstić information content (AvgIpc) is 2.99. The highest BCUT2D eigenvalue weighted by molar-refractivity contribution is 4.81. The minimum atomic E-state index is -0.835. The van der Waals surface area contributed by atoms with Crippen LogP contribution in [0.2, 0.25) is 0 Å². The van der Waals surface area contributed by atoms with Crippen molar-refractivity contribution < 1.29 is 9.47 Å². The Balaban J connectivity index is 2.78. The van der Waals surface area contributed by atoms with Crippen molar-refractivity contribution >= 4 is 0 Å². The van der Waals surface area contributed by atoms with Gasteiger partial charge in [-0.1, -0.05) is 38.8 Å². The van der Waals surface area contributed by atoms with Crippen LogP contribution in [0.3, 0.4) is 0 Å². The highest BCUT2D eigenvalue weighted by Gasteiger charge is 2.39. The minimum absolute atomic E-state index is 0.497. The molecule has 6 nitrogen and oxygen atoms in total. The number of nitrogens with zero attached hydrogens (tertiary/aromatic N) is 3. The van der Waals surface area contributed by atoms with Crippen molar-refractivity contribution in [1.29, 1.82) is 0 Å². The molecule has 1 atom stereocenters. The normalized spacial score (nSPS) is 13.6. The second-order valence-electron chi connectivity index (χ2n) is 4.90. The lowest BCUT2D eigenvalue weighted by atomic mass is 10.1. The smallest absolute Gasteiger partial charge is 0.204 e. The van der Waals surface area contributed by atoms with Gasteiger partial charge in [0.2, 0.25) is 5.79 Å². The van der Waals surface area contributed by atoms with Crippen LogP contribution in [0.5, 0.6) is 0 Å². The van der Waals surface area contributed by atoms with Crippen LogP contribution in [-0.4, -0.2) is 34.0 Å². The van der Waals surface area contributed by atoms with Crippen molar-refractivity contribution in [3.8, 4) is 0 Å². The van der Waals surface area contributed by atoms with Crippen LogP contribution in [0.1, 0.15) is 59.0 Å². The number of hydrogen-bond donors (Lipinski definition) is 1. The van der Waals surface area contributed by atoms with Crippen LogP contribution >= 0.6 is 0 Å². The van der Waals surface area contributed by atoms with Crippen molar-refractivity contribution in [3.05, 3.63) is 12.4 Å². The van der Waals surface area contributed by atoms with E-state index in [0.29, 0.717) is 19.6 Å². The highest BCUT2D eigenvalue weighted by Crippen LogP contribution is 2.28. The summed E-state index contributed by atoms with van der Waals surface area (Å²) in [4.78, 5) is 0. The third kappa shape index (κ3) is 4.54. The summed E-state index contributed by atoms with van der Waals surface area (Å²) in [7, 11) is 0. The van der Waals surface area contributed by atoms with Crippen LogP contribution < -0.4 is 5.73 Å². The molecule has 0 spiro atoms. The SMILES string of the molecule is CCCCOC(CC)(OCCCC)C(N)n1ccnn1. The van der Waals surface area contributed by atoms with Crippen molar-refractivity contribution in [1.82, 2.24) is 15.0 Å². The molecular formula is C14H28N4O2. The number of hydrogen-bond acceptors (Lipinski definition) is 5. The molecule has 6 heteroatoms. The molecule has 0 radical (unpaired) electrons. The first kappa shape index (κ1) is 17.1. The summed E-state index contributed by atoms with van der Waals surface area (Å²) in [6.45, 7) is 7.56. The van der Waals surface area contributed by atoms with Crippen LogP contribution in [0.15, 0.2) is 12.4 Å². The van der Waals surface area contributed by atoms with Crippen molar-refractivity contribution in [2.45, 2.75) is 64.8 Å². The number of rotatable bonds is 11. The molecule has 1 unspecified atom stereocenters. The molecule has 2 N–H and O–H groups in total. The number of unbranched alkanes of at least 4 members (excludes halogenated alkanes) is 2. The Kier molecular flexibility index (Phi) is 7.72. The van der Waals surface area contributed by atoms with E-state index in [1.807, 2.05) is 6.92 Å². The van der Waals surface area contributed by atoms with Gasteiger partial charge in [0.1, 0.15) is 0 Å². The highest BCUT2D eigenvalue weighted by atomic mass is 16.7. The van der Waals surface area contributed by atoms with Crippen molar-refractivity contribution in [2.24, 2.45) is 5.73 Å². The van der Waals surface area contributed by atoms with Crippen molar-refractivity contribution in [2.75, 3.05) is 13.2 Å². The van der Waals surface area contributed by atoms with Crippen molar-refractivity contribution in [3.63, 3.8) is 0 Å². The number of ether oxygens (including phenoxy) is 2. The third-order valence-corrected chi connectivity index (χ3v) is 3.36. The summed E-state index contributed by atoms with van der Waals surface area (Å²) in [5, 5.41) is 7.77. The van der Waals surface area contributed by atoms with Gasteiger partial charge in [-0.05, 0) is 12.8 Å². The maximum atomic E-state index is 6.30. The van der Waals surface area contributed by atoms with Gasteiger partial charge < -0.3 is 15.2 Å². The van der Waals surface area contributed by atoms with E-state index in [2.05, 4.69) is 24.2 Å². The first-order valence-electron chi connectivity index (χ1n) is 7.59. The largest absolute Gasteiger partial charge is 0.347 e. The molecule has 0 saturated carbocycles. The summed E-state index contributed by atoms with van der Waals surface area (Å²) in [5.74, 6) is -0.835. The summed E-state index contributed by atoms with van der Waals surface area (Å²) >= 11 is 0. The molecule has 116 valence electrons. The van der Waals surface area contributed by atoms with Gasteiger partial charge in [-0.15, -0.1) is 5.10 Å². The van der Waals surface area contributed by atoms with Crippen LogP contribution in [0, 0.1) is 0 Å². The second-order valence-corrected chi connectivity index (χ2v) is 4.90. The lowest BCUT2D eigenvalue weighted by Crippen LogP contribution is -2.49. The zero-order valence-electron chi connectivity index (χ0n) is 12.9. The Bertz CT molecular complexity index is 333. The lowest BCUT2D eigenvalue weighted by molar-refractivity contribution is -0.265. The Morgan fingerprint density at radius 3 is 2.15 bits per heavy atom. The molecule has 1 aromatic heterocycles. The van der Waals surface area contributed by atoms with E-state index < -0.39 is 12.0 Å². The predicted octanol–water partition coefficient (Wildman–Crippen LogP) is 2.48. The maximum Gasteiger partial charge on any atom is 0.204 e. The summed E-state index contributed by atoms with van der Waals surface area (Å²) in [6, 6.07) is 0. The summed E-state index contributed by atoms with van der Waals surface area (Å²) < 4.78 is 13.6. The molecular weight excluding hydrogens is 256 g/mol. The van der Waals surface area contributed by atoms with Gasteiger partial charge in [-0.3, -0.25) is 0 Å². The predicted molar refractivity (Wildman–Crippen MR) is 78.0 cm³/mol. The first-order chi connectivity index (χ1) is 9.70. The van der Waals surface area contributed by atoms with Gasteiger partial charge in [-0.2, -0.15) is 0 Å². The van der Waals surface area contributed by atoms with E-state index in [9.17, 15) is 0 Å². The van der Waals surface area contributed by atoms with E-state index in [0.717, 1.165) is 25.7 Å². The first-order valence-corrected chi connectivity index (χ1v) is 7.59. The standard InChI is InChI=1S/C14H28N4O2/c1-4-7-11-19-14(6-3,20-12-8-5-2)13(15)18-10-9-16-17-18/h9-10,13H,4-8,11-12,15H2,1-3H3. The minimum Gasteiger partial charge on any atom is -0.347 e. The average molecular weight is 284 g/mol. The zero-order valence-corrected chi connectivity index (χ0v) is 12.9. The van der Waals surface area contributed by atoms with Gasteiger partial charge in [-0.25, -0.2) is 4.68 Å². The van der Waals surface area contributed by atoms with E-state index in [1.54, 1.807) is 17.1 Å². The van der Waals surface area contributed by atoms with Gasteiger partial charge >= 0.3 is 0 Å².